The van der Waals surface area contributed by atoms with E-state index < -0.39 is 34.5 Å². The van der Waals surface area contributed by atoms with Crippen LogP contribution in [0.3, 0.4) is 0 Å². The number of methoxy groups -OCH3 is 1. The van der Waals surface area contributed by atoms with E-state index in [0.29, 0.717) is 10.5 Å². The first-order chi connectivity index (χ1) is 12.5. The molecule has 2 aromatic carbocycles. The quantitative estimate of drug-likeness (QED) is 0.716. The van der Waals surface area contributed by atoms with Crippen LogP contribution in [0.25, 0.3) is 0 Å². The number of benzene rings is 2. The fourth-order valence-electron chi connectivity index (χ4n) is 2.38. The maximum absolute atomic E-state index is 13.2. The SMILES string of the molecule is COC(=O)[C@@H](CC[S@@](=O)c1ccccc1)NC(=O)Cc1cccc(F)c1. The van der Waals surface area contributed by atoms with E-state index in [4.69, 9.17) is 4.74 Å². The normalized spacial score (nSPS) is 12.8. The molecule has 0 bridgehead atoms. The molecule has 0 aliphatic carbocycles. The molecule has 0 aliphatic heterocycles. The second-order valence-corrected chi connectivity index (χ2v) is 7.17. The average Bonchev–Trinajstić information content (AvgIpc) is 2.64. The van der Waals surface area contributed by atoms with Crippen molar-refractivity contribution in [2.75, 3.05) is 12.9 Å². The van der Waals surface area contributed by atoms with Crippen molar-refractivity contribution in [3.05, 3.63) is 66.0 Å². The number of carbonyl (C=O) groups excluding carboxylic acids is 2. The van der Waals surface area contributed by atoms with Gasteiger partial charge in [0.15, 0.2) is 0 Å². The van der Waals surface area contributed by atoms with E-state index >= 15 is 0 Å². The number of amides is 1. The Kier molecular flexibility index (Phi) is 7.47. The van der Waals surface area contributed by atoms with Gasteiger partial charge in [-0.3, -0.25) is 9.00 Å². The molecule has 0 fully saturated rings. The molecule has 1 amide bonds. The first-order valence-corrected chi connectivity index (χ1v) is 9.36. The lowest BCUT2D eigenvalue weighted by molar-refractivity contribution is -0.145. The number of rotatable bonds is 8. The minimum atomic E-state index is -1.29. The van der Waals surface area contributed by atoms with Crippen LogP contribution < -0.4 is 5.32 Å². The molecule has 0 saturated carbocycles. The van der Waals surface area contributed by atoms with E-state index in [1.54, 1.807) is 30.3 Å². The predicted octanol–water partition coefficient (Wildman–Crippen LogP) is 2.22. The molecule has 1 N–H and O–H groups in total. The first kappa shape index (κ1) is 19.8. The van der Waals surface area contributed by atoms with Crippen LogP contribution in [0.5, 0.6) is 0 Å². The zero-order chi connectivity index (χ0) is 18.9. The van der Waals surface area contributed by atoms with Gasteiger partial charge in [0.25, 0.3) is 0 Å². The van der Waals surface area contributed by atoms with Crippen LogP contribution >= 0.6 is 0 Å². The van der Waals surface area contributed by atoms with Crippen LogP contribution in [0.4, 0.5) is 4.39 Å². The Hall–Kier alpha value is -2.54. The zero-order valence-corrected chi connectivity index (χ0v) is 15.1. The number of carbonyl (C=O) groups is 2. The third kappa shape index (κ3) is 6.07. The molecule has 0 saturated heterocycles. The van der Waals surface area contributed by atoms with Gasteiger partial charge in [0, 0.05) is 10.6 Å². The van der Waals surface area contributed by atoms with E-state index in [0.717, 1.165) is 0 Å². The zero-order valence-electron chi connectivity index (χ0n) is 14.3. The summed E-state index contributed by atoms with van der Waals surface area (Å²) in [5, 5.41) is 2.57. The second-order valence-electron chi connectivity index (χ2n) is 5.60. The van der Waals surface area contributed by atoms with Crippen molar-refractivity contribution in [1.29, 1.82) is 0 Å². The summed E-state index contributed by atoms with van der Waals surface area (Å²) in [6.07, 6.45) is 0.107. The Morgan fingerprint density at radius 2 is 1.88 bits per heavy atom. The smallest absolute Gasteiger partial charge is 0.328 e. The Morgan fingerprint density at radius 3 is 2.54 bits per heavy atom. The third-order valence-electron chi connectivity index (χ3n) is 3.67. The molecule has 0 aromatic heterocycles. The Labute approximate surface area is 154 Å². The largest absolute Gasteiger partial charge is 0.467 e. The van der Waals surface area contributed by atoms with Gasteiger partial charge in [-0.2, -0.15) is 0 Å². The Bertz CT molecular complexity index is 782. The molecular weight excluding hydrogens is 357 g/mol. The maximum atomic E-state index is 13.2. The molecule has 2 atom stereocenters. The highest BCUT2D eigenvalue weighted by atomic mass is 32.2. The highest BCUT2D eigenvalue weighted by Crippen LogP contribution is 2.09. The third-order valence-corrected chi connectivity index (χ3v) is 5.08. The fourth-order valence-corrected chi connectivity index (χ4v) is 3.53. The van der Waals surface area contributed by atoms with E-state index in [-0.39, 0.29) is 18.6 Å². The first-order valence-electron chi connectivity index (χ1n) is 8.04. The van der Waals surface area contributed by atoms with Crippen molar-refractivity contribution in [3.63, 3.8) is 0 Å². The molecule has 26 heavy (non-hydrogen) atoms. The highest BCUT2D eigenvalue weighted by molar-refractivity contribution is 7.85. The average molecular weight is 377 g/mol. The topological polar surface area (TPSA) is 72.5 Å². The van der Waals surface area contributed by atoms with Gasteiger partial charge in [0.1, 0.15) is 11.9 Å². The van der Waals surface area contributed by atoms with Crippen molar-refractivity contribution in [2.45, 2.75) is 23.8 Å². The van der Waals surface area contributed by atoms with E-state index in [9.17, 15) is 18.2 Å². The summed E-state index contributed by atoms with van der Waals surface area (Å²) in [4.78, 5) is 24.7. The van der Waals surface area contributed by atoms with Crippen molar-refractivity contribution in [1.82, 2.24) is 5.32 Å². The van der Waals surface area contributed by atoms with Gasteiger partial charge in [-0.05, 0) is 36.2 Å². The summed E-state index contributed by atoms with van der Waals surface area (Å²) in [5.41, 5.74) is 0.499. The number of nitrogens with one attached hydrogen (secondary N) is 1. The summed E-state index contributed by atoms with van der Waals surface area (Å²) in [6, 6.07) is 13.7. The van der Waals surface area contributed by atoms with Gasteiger partial charge in [-0.15, -0.1) is 0 Å². The lowest BCUT2D eigenvalue weighted by atomic mass is 10.1. The van der Waals surface area contributed by atoms with Crippen molar-refractivity contribution in [3.8, 4) is 0 Å². The van der Waals surface area contributed by atoms with Crippen LogP contribution in [0.2, 0.25) is 0 Å². The van der Waals surface area contributed by atoms with Crippen molar-refractivity contribution >= 4 is 22.7 Å². The molecule has 0 heterocycles. The van der Waals surface area contributed by atoms with Crippen molar-refractivity contribution < 1.29 is 22.9 Å². The molecule has 0 aliphatic rings. The molecule has 7 heteroatoms. The van der Waals surface area contributed by atoms with Crippen LogP contribution in [-0.2, 0) is 31.5 Å². The van der Waals surface area contributed by atoms with Crippen LogP contribution in [0, 0.1) is 5.82 Å². The Balaban J connectivity index is 1.95. The lowest BCUT2D eigenvalue weighted by Gasteiger charge is -2.16. The van der Waals surface area contributed by atoms with E-state index in [1.807, 2.05) is 6.07 Å². The molecule has 0 spiro atoms. The second kappa shape index (κ2) is 9.82. The van der Waals surface area contributed by atoms with Crippen molar-refractivity contribution in [2.24, 2.45) is 0 Å². The molecular formula is C19H20FNO4S. The van der Waals surface area contributed by atoms with Gasteiger partial charge in [0.05, 0.1) is 24.3 Å². The van der Waals surface area contributed by atoms with E-state index in [2.05, 4.69) is 5.32 Å². The minimum absolute atomic E-state index is 0.0625. The number of hydrogen-bond donors (Lipinski definition) is 1. The van der Waals surface area contributed by atoms with Gasteiger partial charge >= 0.3 is 5.97 Å². The number of hydrogen-bond acceptors (Lipinski definition) is 4. The van der Waals surface area contributed by atoms with E-state index in [1.165, 1.54) is 25.3 Å². The monoisotopic (exact) mass is 377 g/mol. The molecule has 138 valence electrons. The van der Waals surface area contributed by atoms with Gasteiger partial charge < -0.3 is 10.1 Å². The fraction of sp³-hybridized carbons (Fsp3) is 0.263. The number of ether oxygens (including phenoxy) is 1. The molecule has 2 aromatic rings. The summed E-state index contributed by atoms with van der Waals surface area (Å²) < 4.78 is 30.2. The summed E-state index contributed by atoms with van der Waals surface area (Å²) >= 11 is 0. The highest BCUT2D eigenvalue weighted by Gasteiger charge is 2.22. The van der Waals surface area contributed by atoms with Crippen LogP contribution in [0.15, 0.2) is 59.5 Å². The van der Waals surface area contributed by atoms with Crippen LogP contribution in [0.1, 0.15) is 12.0 Å². The molecule has 0 unspecified atom stereocenters. The number of esters is 1. The lowest BCUT2D eigenvalue weighted by Crippen LogP contribution is -2.43. The minimum Gasteiger partial charge on any atom is -0.467 e. The molecule has 2 rings (SSSR count). The standard InChI is InChI=1S/C19H20FNO4S/c1-25-19(23)17(10-11-26(24)16-8-3-2-4-9-16)21-18(22)13-14-6-5-7-15(20)12-14/h2-9,12,17H,10-11,13H2,1H3,(H,21,22)/t17-,26-/m1/s1. The summed E-state index contributed by atoms with van der Waals surface area (Å²) in [7, 11) is -0.0626. The predicted molar refractivity (Wildman–Crippen MR) is 96.4 cm³/mol. The summed E-state index contributed by atoms with van der Waals surface area (Å²) in [6.45, 7) is 0. The maximum Gasteiger partial charge on any atom is 0.328 e. The van der Waals surface area contributed by atoms with Gasteiger partial charge in [0.2, 0.25) is 5.91 Å². The number of halogens is 1. The molecule has 0 radical (unpaired) electrons. The Morgan fingerprint density at radius 1 is 1.15 bits per heavy atom. The van der Waals surface area contributed by atoms with Gasteiger partial charge in [-0.25, -0.2) is 9.18 Å². The van der Waals surface area contributed by atoms with Crippen LogP contribution in [-0.4, -0.2) is 35.0 Å². The summed E-state index contributed by atoms with van der Waals surface area (Å²) in [5.74, 6) is -1.28. The molecule has 5 nitrogen and oxygen atoms in total. The van der Waals surface area contributed by atoms with Gasteiger partial charge in [-0.1, -0.05) is 30.3 Å².